The standard InChI is InChI=1S/C10H20N2O/c1-12-4-2-3-9(6-12)5-11-10-7-13-8-10/h9-11H,2-8H2,1H3. The highest BCUT2D eigenvalue weighted by Gasteiger charge is 2.21. The largest absolute Gasteiger partial charge is 0.378 e. The van der Waals surface area contributed by atoms with Crippen LogP contribution in [0.1, 0.15) is 12.8 Å². The minimum Gasteiger partial charge on any atom is -0.378 e. The van der Waals surface area contributed by atoms with Gasteiger partial charge >= 0.3 is 0 Å². The molecule has 2 aliphatic heterocycles. The zero-order chi connectivity index (χ0) is 9.10. The maximum atomic E-state index is 5.12. The Balaban J connectivity index is 1.62. The van der Waals surface area contributed by atoms with Crippen molar-refractivity contribution >= 4 is 0 Å². The van der Waals surface area contributed by atoms with Crippen LogP contribution in [0.5, 0.6) is 0 Å². The lowest BCUT2D eigenvalue weighted by Gasteiger charge is -2.33. The number of hydrogen-bond acceptors (Lipinski definition) is 3. The summed E-state index contributed by atoms with van der Waals surface area (Å²) < 4.78 is 5.12. The summed E-state index contributed by atoms with van der Waals surface area (Å²) in [6.45, 7) is 5.56. The molecule has 2 fully saturated rings. The Morgan fingerprint density at radius 1 is 1.46 bits per heavy atom. The number of piperidine rings is 1. The molecule has 0 aromatic carbocycles. The molecular formula is C10H20N2O. The topological polar surface area (TPSA) is 24.5 Å². The van der Waals surface area contributed by atoms with Crippen LogP contribution in [-0.2, 0) is 4.74 Å². The molecule has 0 saturated carbocycles. The van der Waals surface area contributed by atoms with E-state index in [1.165, 1.54) is 32.5 Å². The summed E-state index contributed by atoms with van der Waals surface area (Å²) in [7, 11) is 2.22. The molecule has 0 aromatic heterocycles. The lowest BCUT2D eigenvalue weighted by atomic mass is 9.98. The van der Waals surface area contributed by atoms with Crippen LogP contribution < -0.4 is 5.32 Å². The van der Waals surface area contributed by atoms with Crippen molar-refractivity contribution in [1.82, 2.24) is 10.2 Å². The fraction of sp³-hybridized carbons (Fsp3) is 1.00. The van der Waals surface area contributed by atoms with E-state index in [2.05, 4.69) is 17.3 Å². The number of nitrogens with zero attached hydrogens (tertiary/aromatic N) is 1. The maximum Gasteiger partial charge on any atom is 0.0643 e. The van der Waals surface area contributed by atoms with Crippen LogP contribution in [0.4, 0.5) is 0 Å². The summed E-state index contributed by atoms with van der Waals surface area (Å²) in [6.07, 6.45) is 2.76. The molecule has 0 aliphatic carbocycles. The Kier molecular flexibility index (Phi) is 3.19. The minimum absolute atomic E-state index is 0.646. The van der Waals surface area contributed by atoms with Crippen LogP contribution >= 0.6 is 0 Å². The van der Waals surface area contributed by atoms with E-state index >= 15 is 0 Å². The molecule has 1 atom stereocenters. The fourth-order valence-corrected chi connectivity index (χ4v) is 2.13. The lowest BCUT2D eigenvalue weighted by Crippen LogP contribution is -2.49. The first kappa shape index (κ1) is 9.44. The van der Waals surface area contributed by atoms with Gasteiger partial charge in [-0.05, 0) is 38.9 Å². The van der Waals surface area contributed by atoms with Crippen LogP contribution in [0, 0.1) is 5.92 Å². The first-order valence-electron chi connectivity index (χ1n) is 5.34. The average Bonchev–Trinajstić information content (AvgIpc) is 2.01. The molecule has 13 heavy (non-hydrogen) atoms. The van der Waals surface area contributed by atoms with Gasteiger partial charge in [-0.1, -0.05) is 0 Å². The zero-order valence-corrected chi connectivity index (χ0v) is 8.46. The van der Waals surface area contributed by atoms with Gasteiger partial charge in [0.2, 0.25) is 0 Å². The zero-order valence-electron chi connectivity index (χ0n) is 8.46. The predicted molar refractivity (Wildman–Crippen MR) is 52.8 cm³/mol. The number of rotatable bonds is 3. The van der Waals surface area contributed by atoms with Gasteiger partial charge in [0.15, 0.2) is 0 Å². The Morgan fingerprint density at radius 3 is 2.92 bits per heavy atom. The Bertz CT molecular complexity index is 159. The van der Waals surface area contributed by atoms with Gasteiger partial charge in [0.1, 0.15) is 0 Å². The number of likely N-dealkylation sites (tertiary alicyclic amines) is 1. The second-order valence-electron chi connectivity index (χ2n) is 4.41. The first-order valence-corrected chi connectivity index (χ1v) is 5.34. The van der Waals surface area contributed by atoms with Crippen molar-refractivity contribution in [2.45, 2.75) is 18.9 Å². The van der Waals surface area contributed by atoms with Crippen LogP contribution in [0.3, 0.4) is 0 Å². The second-order valence-corrected chi connectivity index (χ2v) is 4.41. The highest BCUT2D eigenvalue weighted by atomic mass is 16.5. The van der Waals surface area contributed by atoms with E-state index in [1.54, 1.807) is 0 Å². The summed E-state index contributed by atoms with van der Waals surface area (Å²) >= 11 is 0. The molecule has 3 heteroatoms. The summed E-state index contributed by atoms with van der Waals surface area (Å²) in [4.78, 5) is 2.44. The molecule has 76 valence electrons. The van der Waals surface area contributed by atoms with Gasteiger partial charge in [-0.25, -0.2) is 0 Å². The first-order chi connectivity index (χ1) is 6.34. The van der Waals surface area contributed by atoms with Crippen molar-refractivity contribution in [3.05, 3.63) is 0 Å². The molecule has 1 unspecified atom stereocenters. The average molecular weight is 184 g/mol. The molecule has 2 heterocycles. The van der Waals surface area contributed by atoms with Crippen molar-refractivity contribution < 1.29 is 4.74 Å². The second kappa shape index (κ2) is 4.40. The van der Waals surface area contributed by atoms with Crippen molar-refractivity contribution in [1.29, 1.82) is 0 Å². The Labute approximate surface area is 80.4 Å². The third kappa shape index (κ3) is 2.66. The number of ether oxygens (including phenoxy) is 1. The molecule has 0 radical (unpaired) electrons. The molecule has 0 amide bonds. The van der Waals surface area contributed by atoms with E-state index in [0.29, 0.717) is 6.04 Å². The van der Waals surface area contributed by atoms with E-state index in [9.17, 15) is 0 Å². The van der Waals surface area contributed by atoms with E-state index < -0.39 is 0 Å². The quantitative estimate of drug-likeness (QED) is 0.683. The van der Waals surface area contributed by atoms with Gasteiger partial charge in [-0.15, -0.1) is 0 Å². The van der Waals surface area contributed by atoms with Gasteiger partial charge in [-0.3, -0.25) is 0 Å². The molecule has 3 nitrogen and oxygen atoms in total. The molecular weight excluding hydrogens is 164 g/mol. The number of nitrogens with one attached hydrogen (secondary N) is 1. The van der Waals surface area contributed by atoms with E-state index in [1.807, 2.05) is 0 Å². The van der Waals surface area contributed by atoms with Crippen LogP contribution in [0.25, 0.3) is 0 Å². The van der Waals surface area contributed by atoms with Gasteiger partial charge in [0.05, 0.1) is 19.3 Å². The Morgan fingerprint density at radius 2 is 2.31 bits per heavy atom. The molecule has 1 N–H and O–H groups in total. The fourth-order valence-electron chi connectivity index (χ4n) is 2.13. The van der Waals surface area contributed by atoms with Crippen LogP contribution in [0.2, 0.25) is 0 Å². The molecule has 2 aliphatic rings. The summed E-state index contributed by atoms with van der Waals surface area (Å²) in [6, 6.07) is 0.646. The maximum absolute atomic E-state index is 5.12. The van der Waals surface area contributed by atoms with Gasteiger partial charge in [-0.2, -0.15) is 0 Å². The van der Waals surface area contributed by atoms with Crippen molar-refractivity contribution in [3.63, 3.8) is 0 Å². The summed E-state index contributed by atoms with van der Waals surface area (Å²) in [5.41, 5.74) is 0. The summed E-state index contributed by atoms with van der Waals surface area (Å²) in [5.74, 6) is 0.861. The smallest absolute Gasteiger partial charge is 0.0643 e. The van der Waals surface area contributed by atoms with Gasteiger partial charge < -0.3 is 15.0 Å². The van der Waals surface area contributed by atoms with E-state index in [0.717, 1.165) is 19.1 Å². The molecule has 0 bridgehead atoms. The molecule has 2 saturated heterocycles. The third-order valence-corrected chi connectivity index (χ3v) is 3.06. The van der Waals surface area contributed by atoms with E-state index in [4.69, 9.17) is 4.74 Å². The highest BCUT2D eigenvalue weighted by molar-refractivity contribution is 4.77. The molecule has 2 rings (SSSR count). The minimum atomic E-state index is 0.646. The van der Waals surface area contributed by atoms with Crippen molar-refractivity contribution in [2.75, 3.05) is 39.9 Å². The SMILES string of the molecule is CN1CCCC(CNC2COC2)C1. The molecule has 0 spiro atoms. The monoisotopic (exact) mass is 184 g/mol. The van der Waals surface area contributed by atoms with Crippen LogP contribution in [0.15, 0.2) is 0 Å². The van der Waals surface area contributed by atoms with E-state index in [-0.39, 0.29) is 0 Å². The van der Waals surface area contributed by atoms with Gasteiger partial charge in [0, 0.05) is 6.54 Å². The number of hydrogen-bond donors (Lipinski definition) is 1. The van der Waals surface area contributed by atoms with Crippen molar-refractivity contribution in [3.8, 4) is 0 Å². The van der Waals surface area contributed by atoms with Crippen LogP contribution in [-0.4, -0.2) is 50.8 Å². The normalized spacial score (nSPS) is 31.6. The summed E-state index contributed by atoms with van der Waals surface area (Å²) in [5, 5.41) is 3.56. The Hall–Kier alpha value is -0.120. The van der Waals surface area contributed by atoms with Gasteiger partial charge in [0.25, 0.3) is 0 Å². The lowest BCUT2D eigenvalue weighted by molar-refractivity contribution is -0.00764. The molecule has 0 aromatic rings. The highest BCUT2D eigenvalue weighted by Crippen LogP contribution is 2.14. The predicted octanol–water partition coefficient (Wildman–Crippen LogP) is 0.317. The third-order valence-electron chi connectivity index (χ3n) is 3.06. The van der Waals surface area contributed by atoms with Crippen molar-refractivity contribution in [2.24, 2.45) is 5.92 Å².